The van der Waals surface area contributed by atoms with E-state index < -0.39 is 17.9 Å². The Labute approximate surface area is 129 Å². The number of ether oxygens (including phenoxy) is 2. The third-order valence-electron chi connectivity index (χ3n) is 2.71. The first-order valence-electron chi connectivity index (χ1n) is 6.98. The Morgan fingerprint density at radius 3 is 2.23 bits per heavy atom. The molecule has 0 saturated carbocycles. The largest absolute Gasteiger partial charge is 0.465 e. The Bertz CT molecular complexity index is 562. The Morgan fingerprint density at radius 1 is 1.14 bits per heavy atom. The van der Waals surface area contributed by atoms with Gasteiger partial charge in [-0.05, 0) is 32.9 Å². The zero-order chi connectivity index (χ0) is 16.5. The van der Waals surface area contributed by atoms with E-state index in [1.165, 1.54) is 13.1 Å². The number of Topliss-reactive ketones (excluding diaryl/α,β-unsaturated/α-hetero) is 1. The van der Waals surface area contributed by atoms with E-state index in [1.807, 2.05) is 0 Å². The number of carbonyl (C=O) groups excluding carboxylic acids is 3. The smallest absolute Gasteiger partial charge is 0.325 e. The lowest BCUT2D eigenvalue weighted by Crippen LogP contribution is -2.29. The SMILES string of the molecule is CCOC(=O)C(C=Nc1cccc(C(C)=O)c1)C(=O)OCC. The summed E-state index contributed by atoms with van der Waals surface area (Å²) in [5.74, 6) is -2.75. The standard InChI is InChI=1S/C16H19NO5/c1-4-21-15(19)14(16(20)22-5-2)10-17-13-8-6-7-12(9-13)11(3)18/h6-10,14H,4-5H2,1-3H3. The first kappa shape index (κ1) is 17.6. The van der Waals surface area contributed by atoms with Gasteiger partial charge in [0.1, 0.15) is 0 Å². The molecule has 0 radical (unpaired) electrons. The molecule has 0 atom stereocenters. The maximum atomic E-state index is 11.8. The van der Waals surface area contributed by atoms with Gasteiger partial charge in [0.25, 0.3) is 0 Å². The van der Waals surface area contributed by atoms with Crippen molar-refractivity contribution in [2.45, 2.75) is 20.8 Å². The summed E-state index contributed by atoms with van der Waals surface area (Å²) in [6.07, 6.45) is 1.18. The second kappa shape index (κ2) is 8.71. The van der Waals surface area contributed by atoms with E-state index in [4.69, 9.17) is 9.47 Å². The minimum absolute atomic E-state index is 0.0932. The van der Waals surface area contributed by atoms with Crippen LogP contribution in [0.5, 0.6) is 0 Å². The zero-order valence-corrected chi connectivity index (χ0v) is 12.9. The van der Waals surface area contributed by atoms with Gasteiger partial charge in [0, 0.05) is 11.8 Å². The molecular formula is C16H19NO5. The molecule has 22 heavy (non-hydrogen) atoms. The highest BCUT2D eigenvalue weighted by Crippen LogP contribution is 2.15. The first-order valence-corrected chi connectivity index (χ1v) is 6.98. The van der Waals surface area contributed by atoms with Crippen molar-refractivity contribution in [1.82, 2.24) is 0 Å². The summed E-state index contributed by atoms with van der Waals surface area (Å²) in [6, 6.07) is 6.57. The van der Waals surface area contributed by atoms with E-state index in [2.05, 4.69) is 4.99 Å². The van der Waals surface area contributed by atoms with Crippen molar-refractivity contribution in [2.24, 2.45) is 10.9 Å². The molecule has 0 amide bonds. The molecule has 0 heterocycles. The lowest BCUT2D eigenvalue weighted by atomic mass is 10.1. The van der Waals surface area contributed by atoms with Gasteiger partial charge in [-0.1, -0.05) is 12.1 Å². The molecule has 0 spiro atoms. The minimum Gasteiger partial charge on any atom is -0.465 e. The molecule has 0 fully saturated rings. The van der Waals surface area contributed by atoms with Crippen molar-refractivity contribution < 1.29 is 23.9 Å². The van der Waals surface area contributed by atoms with E-state index >= 15 is 0 Å². The molecule has 6 nitrogen and oxygen atoms in total. The van der Waals surface area contributed by atoms with Crippen LogP contribution in [0.2, 0.25) is 0 Å². The average molecular weight is 305 g/mol. The Balaban J connectivity index is 2.97. The topological polar surface area (TPSA) is 82.0 Å². The number of nitrogens with zero attached hydrogens (tertiary/aromatic N) is 1. The second-order valence-corrected chi connectivity index (χ2v) is 4.37. The van der Waals surface area contributed by atoms with Crippen LogP contribution in [0.4, 0.5) is 5.69 Å². The van der Waals surface area contributed by atoms with Crippen molar-refractivity contribution in [3.8, 4) is 0 Å². The molecule has 0 N–H and O–H groups in total. The summed E-state index contributed by atoms with van der Waals surface area (Å²) in [7, 11) is 0. The molecule has 118 valence electrons. The highest BCUT2D eigenvalue weighted by Gasteiger charge is 2.27. The molecule has 0 aliphatic carbocycles. The third kappa shape index (κ3) is 5.12. The molecule has 0 aromatic heterocycles. The van der Waals surface area contributed by atoms with Crippen LogP contribution in [-0.4, -0.2) is 37.2 Å². The van der Waals surface area contributed by atoms with E-state index in [1.54, 1.807) is 38.1 Å². The molecule has 0 aliphatic heterocycles. The zero-order valence-electron chi connectivity index (χ0n) is 12.9. The predicted molar refractivity (Wildman–Crippen MR) is 81.4 cm³/mol. The number of hydrogen-bond acceptors (Lipinski definition) is 6. The molecule has 0 saturated heterocycles. The van der Waals surface area contributed by atoms with Gasteiger partial charge in [-0.25, -0.2) is 0 Å². The van der Waals surface area contributed by atoms with Crippen molar-refractivity contribution >= 4 is 29.6 Å². The fraction of sp³-hybridized carbons (Fsp3) is 0.375. The van der Waals surface area contributed by atoms with Gasteiger partial charge in [-0.3, -0.25) is 19.4 Å². The normalized spacial score (nSPS) is 10.7. The average Bonchev–Trinajstić information content (AvgIpc) is 2.48. The van der Waals surface area contributed by atoms with Crippen LogP contribution in [0.1, 0.15) is 31.1 Å². The second-order valence-electron chi connectivity index (χ2n) is 4.37. The van der Waals surface area contributed by atoms with Gasteiger partial charge in [0.2, 0.25) is 0 Å². The van der Waals surface area contributed by atoms with Crippen LogP contribution >= 0.6 is 0 Å². The summed E-state index contributed by atoms with van der Waals surface area (Å²) < 4.78 is 9.67. The summed E-state index contributed by atoms with van der Waals surface area (Å²) >= 11 is 0. The van der Waals surface area contributed by atoms with Crippen LogP contribution < -0.4 is 0 Å². The Hall–Kier alpha value is -2.50. The number of rotatable bonds is 7. The van der Waals surface area contributed by atoms with Crippen molar-refractivity contribution in [2.75, 3.05) is 13.2 Å². The maximum Gasteiger partial charge on any atom is 0.325 e. The van der Waals surface area contributed by atoms with Gasteiger partial charge in [-0.2, -0.15) is 0 Å². The van der Waals surface area contributed by atoms with Gasteiger partial charge in [0.05, 0.1) is 18.9 Å². The van der Waals surface area contributed by atoms with Crippen molar-refractivity contribution in [3.63, 3.8) is 0 Å². The van der Waals surface area contributed by atoms with E-state index in [0.717, 1.165) is 0 Å². The molecule has 1 aromatic carbocycles. The molecular weight excluding hydrogens is 286 g/mol. The minimum atomic E-state index is -1.22. The predicted octanol–water partition coefficient (Wildman–Crippen LogP) is 2.33. The number of carbonyl (C=O) groups is 3. The fourth-order valence-electron chi connectivity index (χ4n) is 1.65. The highest BCUT2D eigenvalue weighted by atomic mass is 16.6. The number of hydrogen-bond donors (Lipinski definition) is 0. The maximum absolute atomic E-state index is 11.8. The molecule has 0 unspecified atom stereocenters. The summed E-state index contributed by atoms with van der Waals surface area (Å²) in [5, 5.41) is 0. The number of aliphatic imine (C=N–C) groups is 1. The third-order valence-corrected chi connectivity index (χ3v) is 2.71. The van der Waals surface area contributed by atoms with Crippen molar-refractivity contribution in [3.05, 3.63) is 29.8 Å². The molecule has 0 bridgehead atoms. The molecule has 6 heteroatoms. The lowest BCUT2D eigenvalue weighted by molar-refractivity contribution is -0.157. The van der Waals surface area contributed by atoms with E-state index in [0.29, 0.717) is 11.3 Å². The highest BCUT2D eigenvalue weighted by molar-refractivity contribution is 6.09. The lowest BCUT2D eigenvalue weighted by Gasteiger charge is -2.10. The van der Waals surface area contributed by atoms with Gasteiger partial charge >= 0.3 is 11.9 Å². The van der Waals surface area contributed by atoms with Crippen LogP contribution in [0.15, 0.2) is 29.3 Å². The number of ketones is 1. The van der Waals surface area contributed by atoms with E-state index in [-0.39, 0.29) is 19.0 Å². The summed E-state index contributed by atoms with van der Waals surface area (Å²) in [6.45, 7) is 5.05. The number of esters is 2. The van der Waals surface area contributed by atoms with Crippen molar-refractivity contribution in [1.29, 1.82) is 0 Å². The van der Waals surface area contributed by atoms with Crippen LogP contribution in [-0.2, 0) is 19.1 Å². The van der Waals surface area contributed by atoms with Gasteiger partial charge in [0.15, 0.2) is 11.7 Å². The Kier molecular flexibility index (Phi) is 6.95. The summed E-state index contributed by atoms with van der Waals surface area (Å²) in [5.41, 5.74) is 0.963. The van der Waals surface area contributed by atoms with Crippen LogP contribution in [0.3, 0.4) is 0 Å². The van der Waals surface area contributed by atoms with Crippen LogP contribution in [0.25, 0.3) is 0 Å². The van der Waals surface area contributed by atoms with Gasteiger partial charge < -0.3 is 9.47 Å². The molecule has 1 rings (SSSR count). The first-order chi connectivity index (χ1) is 10.5. The molecule has 1 aromatic rings. The monoisotopic (exact) mass is 305 g/mol. The number of benzene rings is 1. The van der Waals surface area contributed by atoms with Gasteiger partial charge in [-0.15, -0.1) is 0 Å². The van der Waals surface area contributed by atoms with E-state index in [9.17, 15) is 14.4 Å². The fourth-order valence-corrected chi connectivity index (χ4v) is 1.65. The summed E-state index contributed by atoms with van der Waals surface area (Å²) in [4.78, 5) is 39.0. The Morgan fingerprint density at radius 2 is 1.73 bits per heavy atom. The van der Waals surface area contributed by atoms with Crippen LogP contribution in [0, 0.1) is 5.92 Å². The molecule has 0 aliphatic rings. The quantitative estimate of drug-likeness (QED) is 0.334.